The molecule has 2 rings (SSSR count). The third-order valence-electron chi connectivity index (χ3n) is 3.73. The smallest absolute Gasteiger partial charge is 0.263 e. The van der Waals surface area contributed by atoms with Gasteiger partial charge in [0.05, 0.1) is 0 Å². The van der Waals surface area contributed by atoms with Gasteiger partial charge in [0.25, 0.3) is 5.91 Å². The summed E-state index contributed by atoms with van der Waals surface area (Å²) in [5, 5.41) is 6.68. The Hall–Kier alpha value is -2.54. The first kappa shape index (κ1) is 20.8. The van der Waals surface area contributed by atoms with E-state index in [-0.39, 0.29) is 5.91 Å². The third kappa shape index (κ3) is 6.29. The molecule has 7 nitrogen and oxygen atoms in total. The molecule has 0 saturated carbocycles. The number of aromatic nitrogens is 2. The summed E-state index contributed by atoms with van der Waals surface area (Å²) in [4.78, 5) is 23.0. The number of halogens is 1. The molecular weight excluding hydrogens is 366 g/mol. The molecule has 0 fully saturated rings. The molecule has 2 aromatic rings. The van der Waals surface area contributed by atoms with Crippen molar-refractivity contribution >= 4 is 29.1 Å². The molecule has 2 N–H and O–H groups in total. The van der Waals surface area contributed by atoms with E-state index in [1.54, 1.807) is 38.1 Å². The van der Waals surface area contributed by atoms with Crippen LogP contribution in [0.3, 0.4) is 0 Å². The van der Waals surface area contributed by atoms with Crippen LogP contribution in [0.25, 0.3) is 0 Å². The Morgan fingerprint density at radius 3 is 2.48 bits per heavy atom. The molecule has 0 atom stereocenters. The Kier molecular flexibility index (Phi) is 6.85. The van der Waals surface area contributed by atoms with Crippen molar-refractivity contribution in [3.63, 3.8) is 0 Å². The van der Waals surface area contributed by atoms with Crippen molar-refractivity contribution in [3.05, 3.63) is 41.2 Å². The molecule has 0 unspecified atom stereocenters. The van der Waals surface area contributed by atoms with Crippen molar-refractivity contribution in [2.45, 2.75) is 26.4 Å². The number of nitrogens with zero attached hydrogens (tertiary/aromatic N) is 3. The first-order chi connectivity index (χ1) is 12.7. The highest BCUT2D eigenvalue weighted by atomic mass is 35.5. The standard InChI is InChI=1S/C19H26ClN5O2/c1-13-23-16(12-17(24-13)25(4)5)21-10-11-22-18(26)19(2,3)27-15-8-6-14(20)7-9-15/h6-9,12H,10-11H2,1-5H3,(H,22,26)(H,21,23,24). The zero-order valence-corrected chi connectivity index (χ0v) is 17.1. The summed E-state index contributed by atoms with van der Waals surface area (Å²) in [6.07, 6.45) is 0. The predicted octanol–water partition coefficient (Wildman–Crippen LogP) is 2.89. The van der Waals surface area contributed by atoms with Crippen LogP contribution in [-0.4, -0.2) is 48.7 Å². The van der Waals surface area contributed by atoms with Crippen LogP contribution in [0, 0.1) is 6.92 Å². The number of carbonyl (C=O) groups excluding carboxylic acids is 1. The minimum absolute atomic E-state index is 0.202. The summed E-state index contributed by atoms with van der Waals surface area (Å²) in [5.74, 6) is 2.62. The van der Waals surface area contributed by atoms with Gasteiger partial charge in [-0.3, -0.25) is 4.79 Å². The molecule has 1 heterocycles. The highest BCUT2D eigenvalue weighted by Crippen LogP contribution is 2.21. The van der Waals surface area contributed by atoms with Crippen molar-refractivity contribution in [1.29, 1.82) is 0 Å². The van der Waals surface area contributed by atoms with Gasteiger partial charge >= 0.3 is 0 Å². The Morgan fingerprint density at radius 2 is 1.85 bits per heavy atom. The maximum Gasteiger partial charge on any atom is 0.263 e. The summed E-state index contributed by atoms with van der Waals surface area (Å²) in [5.41, 5.74) is -1.00. The number of hydrogen-bond acceptors (Lipinski definition) is 6. The summed E-state index contributed by atoms with van der Waals surface area (Å²) >= 11 is 5.86. The summed E-state index contributed by atoms with van der Waals surface area (Å²) in [7, 11) is 3.85. The van der Waals surface area contributed by atoms with Gasteiger partial charge in [0, 0.05) is 38.3 Å². The lowest BCUT2D eigenvalue weighted by atomic mass is 10.1. The van der Waals surface area contributed by atoms with Crippen LogP contribution in [0.5, 0.6) is 5.75 Å². The van der Waals surface area contributed by atoms with E-state index in [4.69, 9.17) is 16.3 Å². The maximum absolute atomic E-state index is 12.4. The van der Waals surface area contributed by atoms with Crippen molar-refractivity contribution in [2.24, 2.45) is 0 Å². The Labute approximate surface area is 165 Å². The maximum atomic E-state index is 12.4. The fraction of sp³-hybridized carbons (Fsp3) is 0.421. The third-order valence-corrected chi connectivity index (χ3v) is 3.98. The SMILES string of the molecule is Cc1nc(NCCNC(=O)C(C)(C)Oc2ccc(Cl)cc2)cc(N(C)C)n1. The quantitative estimate of drug-likeness (QED) is 0.673. The molecule has 1 aromatic carbocycles. The van der Waals surface area contributed by atoms with Gasteiger partial charge in [-0.25, -0.2) is 9.97 Å². The summed E-state index contributed by atoms with van der Waals surface area (Å²) in [6.45, 7) is 6.26. The Balaban J connectivity index is 1.83. The molecule has 1 aromatic heterocycles. The summed E-state index contributed by atoms with van der Waals surface area (Å²) < 4.78 is 5.77. The van der Waals surface area contributed by atoms with Crippen molar-refractivity contribution in [3.8, 4) is 5.75 Å². The number of hydrogen-bond donors (Lipinski definition) is 2. The van der Waals surface area contributed by atoms with Gasteiger partial charge in [-0.15, -0.1) is 0 Å². The molecule has 0 aliphatic heterocycles. The predicted molar refractivity (Wildman–Crippen MR) is 109 cm³/mol. The van der Waals surface area contributed by atoms with Crippen molar-refractivity contribution in [1.82, 2.24) is 15.3 Å². The minimum Gasteiger partial charge on any atom is -0.478 e. The molecular formula is C19H26ClN5O2. The van der Waals surface area contributed by atoms with Gasteiger partial charge in [0.2, 0.25) is 0 Å². The van der Waals surface area contributed by atoms with Crippen LogP contribution in [0.4, 0.5) is 11.6 Å². The van der Waals surface area contributed by atoms with E-state index >= 15 is 0 Å². The summed E-state index contributed by atoms with van der Waals surface area (Å²) in [6, 6.07) is 8.78. The molecule has 0 saturated heterocycles. The van der Waals surface area contributed by atoms with E-state index in [9.17, 15) is 4.79 Å². The van der Waals surface area contributed by atoms with E-state index in [2.05, 4.69) is 20.6 Å². The van der Waals surface area contributed by atoms with Gasteiger partial charge in [0.1, 0.15) is 23.2 Å². The lowest BCUT2D eigenvalue weighted by Crippen LogP contribution is -2.47. The molecule has 0 radical (unpaired) electrons. The van der Waals surface area contributed by atoms with Crippen LogP contribution < -0.4 is 20.3 Å². The molecule has 0 aliphatic carbocycles. The fourth-order valence-electron chi connectivity index (χ4n) is 2.29. The highest BCUT2D eigenvalue weighted by molar-refractivity contribution is 6.30. The topological polar surface area (TPSA) is 79.4 Å². The molecule has 0 bridgehead atoms. The second kappa shape index (κ2) is 8.90. The van der Waals surface area contributed by atoms with Gasteiger partial charge in [-0.1, -0.05) is 11.6 Å². The van der Waals surface area contributed by atoms with E-state index in [1.807, 2.05) is 32.0 Å². The zero-order chi connectivity index (χ0) is 20.0. The second-order valence-corrected chi connectivity index (χ2v) is 7.24. The largest absolute Gasteiger partial charge is 0.478 e. The molecule has 8 heteroatoms. The van der Waals surface area contributed by atoms with Crippen LogP contribution in [0.2, 0.25) is 5.02 Å². The lowest BCUT2D eigenvalue weighted by molar-refractivity contribution is -0.134. The highest BCUT2D eigenvalue weighted by Gasteiger charge is 2.29. The number of carbonyl (C=O) groups is 1. The fourth-order valence-corrected chi connectivity index (χ4v) is 2.42. The van der Waals surface area contributed by atoms with Crippen molar-refractivity contribution < 1.29 is 9.53 Å². The molecule has 0 spiro atoms. The molecule has 146 valence electrons. The zero-order valence-electron chi connectivity index (χ0n) is 16.3. The van der Waals surface area contributed by atoms with E-state index in [1.165, 1.54) is 0 Å². The average molecular weight is 392 g/mol. The number of benzene rings is 1. The van der Waals surface area contributed by atoms with Crippen LogP contribution in [0.15, 0.2) is 30.3 Å². The molecule has 27 heavy (non-hydrogen) atoms. The monoisotopic (exact) mass is 391 g/mol. The molecule has 1 amide bonds. The number of ether oxygens (including phenoxy) is 1. The van der Waals surface area contributed by atoms with Gasteiger partial charge in [-0.2, -0.15) is 0 Å². The van der Waals surface area contributed by atoms with E-state index < -0.39 is 5.60 Å². The lowest BCUT2D eigenvalue weighted by Gasteiger charge is -2.25. The average Bonchev–Trinajstić information content (AvgIpc) is 2.59. The first-order valence-corrected chi connectivity index (χ1v) is 9.05. The van der Waals surface area contributed by atoms with Crippen LogP contribution in [0.1, 0.15) is 19.7 Å². The number of rotatable bonds is 8. The minimum atomic E-state index is -1.00. The van der Waals surface area contributed by atoms with Crippen molar-refractivity contribution in [2.75, 3.05) is 37.4 Å². The van der Waals surface area contributed by atoms with Crippen LogP contribution in [-0.2, 0) is 4.79 Å². The Morgan fingerprint density at radius 1 is 1.19 bits per heavy atom. The van der Waals surface area contributed by atoms with Gasteiger partial charge in [-0.05, 0) is 45.0 Å². The number of aryl methyl sites for hydroxylation is 1. The second-order valence-electron chi connectivity index (χ2n) is 6.80. The van der Waals surface area contributed by atoms with Gasteiger partial charge < -0.3 is 20.3 Å². The van der Waals surface area contributed by atoms with E-state index in [0.29, 0.717) is 29.7 Å². The normalized spacial score (nSPS) is 11.0. The van der Waals surface area contributed by atoms with Gasteiger partial charge in [0.15, 0.2) is 5.60 Å². The Bertz CT molecular complexity index is 778. The number of amides is 1. The number of nitrogens with one attached hydrogen (secondary N) is 2. The molecule has 0 aliphatic rings. The number of anilines is 2. The van der Waals surface area contributed by atoms with Crippen LogP contribution >= 0.6 is 11.6 Å². The van der Waals surface area contributed by atoms with E-state index in [0.717, 1.165) is 11.6 Å². The first-order valence-electron chi connectivity index (χ1n) is 8.67.